The first-order valence-electron chi connectivity index (χ1n) is 7.65. The van der Waals surface area contributed by atoms with Crippen molar-refractivity contribution >= 4 is 10.8 Å². The SMILES string of the molecule is COc1ccc(OCCn2ccc3cc(OC)ccc3c2=O)cc1. The number of nitrogens with zero attached hydrogens (tertiary/aromatic N) is 1. The molecule has 0 spiro atoms. The van der Waals surface area contributed by atoms with Gasteiger partial charge in [-0.2, -0.15) is 0 Å². The number of methoxy groups -OCH3 is 2. The first kappa shape index (κ1) is 15.9. The second-order valence-corrected chi connectivity index (χ2v) is 5.29. The minimum Gasteiger partial charge on any atom is -0.497 e. The van der Waals surface area contributed by atoms with E-state index in [2.05, 4.69) is 0 Å². The Morgan fingerprint density at radius 2 is 1.54 bits per heavy atom. The van der Waals surface area contributed by atoms with Gasteiger partial charge in [0.1, 0.15) is 23.9 Å². The number of hydrogen-bond donors (Lipinski definition) is 0. The summed E-state index contributed by atoms with van der Waals surface area (Å²) in [5, 5.41) is 1.54. The molecule has 0 radical (unpaired) electrons. The first-order valence-corrected chi connectivity index (χ1v) is 7.65. The maximum absolute atomic E-state index is 12.5. The van der Waals surface area contributed by atoms with Gasteiger partial charge in [0.05, 0.1) is 20.8 Å². The third-order valence-electron chi connectivity index (χ3n) is 3.84. The molecule has 0 aliphatic carbocycles. The molecule has 0 aliphatic rings. The van der Waals surface area contributed by atoms with E-state index in [9.17, 15) is 4.79 Å². The van der Waals surface area contributed by atoms with Crippen molar-refractivity contribution in [3.63, 3.8) is 0 Å². The third-order valence-corrected chi connectivity index (χ3v) is 3.84. The van der Waals surface area contributed by atoms with Gasteiger partial charge in [0.25, 0.3) is 5.56 Å². The molecule has 0 saturated heterocycles. The van der Waals surface area contributed by atoms with Gasteiger partial charge in [-0.05, 0) is 53.9 Å². The van der Waals surface area contributed by atoms with Crippen LogP contribution in [0.3, 0.4) is 0 Å². The zero-order chi connectivity index (χ0) is 16.9. The monoisotopic (exact) mass is 325 g/mol. The van der Waals surface area contributed by atoms with Crippen LogP contribution in [-0.2, 0) is 6.54 Å². The van der Waals surface area contributed by atoms with Crippen molar-refractivity contribution in [3.05, 3.63) is 65.1 Å². The van der Waals surface area contributed by atoms with Crippen LogP contribution in [0.15, 0.2) is 59.5 Å². The third kappa shape index (κ3) is 3.35. The highest BCUT2D eigenvalue weighted by Gasteiger charge is 2.04. The highest BCUT2D eigenvalue weighted by molar-refractivity contribution is 5.82. The number of rotatable bonds is 6. The number of hydrogen-bond acceptors (Lipinski definition) is 4. The van der Waals surface area contributed by atoms with Crippen LogP contribution in [-0.4, -0.2) is 25.4 Å². The van der Waals surface area contributed by atoms with Crippen molar-refractivity contribution in [2.75, 3.05) is 20.8 Å². The standard InChI is InChI=1S/C19H19NO4/c1-22-15-3-5-16(6-4-15)24-12-11-20-10-9-14-13-17(23-2)7-8-18(14)19(20)21/h3-10,13H,11-12H2,1-2H3. The van der Waals surface area contributed by atoms with E-state index < -0.39 is 0 Å². The molecule has 0 N–H and O–H groups in total. The van der Waals surface area contributed by atoms with E-state index in [4.69, 9.17) is 14.2 Å². The van der Waals surface area contributed by atoms with Crippen LogP contribution in [0, 0.1) is 0 Å². The topological polar surface area (TPSA) is 49.7 Å². The van der Waals surface area contributed by atoms with Crippen molar-refractivity contribution in [3.8, 4) is 17.2 Å². The number of fused-ring (bicyclic) bond motifs is 1. The number of benzene rings is 2. The molecule has 1 aromatic heterocycles. The lowest BCUT2D eigenvalue weighted by molar-refractivity contribution is 0.296. The summed E-state index contributed by atoms with van der Waals surface area (Å²) in [6, 6.07) is 14.7. The van der Waals surface area contributed by atoms with Gasteiger partial charge in [0.15, 0.2) is 0 Å². The summed E-state index contributed by atoms with van der Waals surface area (Å²) >= 11 is 0. The van der Waals surface area contributed by atoms with Crippen LogP contribution in [0.1, 0.15) is 0 Å². The van der Waals surface area contributed by atoms with E-state index in [0.717, 1.165) is 22.6 Å². The quantitative estimate of drug-likeness (QED) is 0.699. The summed E-state index contributed by atoms with van der Waals surface area (Å²) < 4.78 is 17.6. The number of pyridine rings is 1. The molecular weight excluding hydrogens is 306 g/mol. The van der Waals surface area contributed by atoms with Gasteiger partial charge in [-0.1, -0.05) is 0 Å². The van der Waals surface area contributed by atoms with E-state index >= 15 is 0 Å². The van der Waals surface area contributed by atoms with E-state index in [1.54, 1.807) is 37.1 Å². The molecule has 1 heterocycles. The second kappa shape index (κ2) is 7.08. The minimum atomic E-state index is -0.0338. The molecule has 0 bridgehead atoms. The molecule has 0 atom stereocenters. The lowest BCUT2D eigenvalue weighted by Gasteiger charge is -2.10. The fraction of sp³-hybridized carbons (Fsp3) is 0.211. The van der Waals surface area contributed by atoms with Crippen LogP contribution < -0.4 is 19.8 Å². The average molecular weight is 325 g/mol. The van der Waals surface area contributed by atoms with Gasteiger partial charge < -0.3 is 18.8 Å². The molecule has 5 heteroatoms. The van der Waals surface area contributed by atoms with Crippen molar-refractivity contribution in [1.82, 2.24) is 4.57 Å². The lowest BCUT2D eigenvalue weighted by atomic mass is 10.1. The molecule has 24 heavy (non-hydrogen) atoms. The van der Waals surface area contributed by atoms with Crippen LogP contribution in [0.25, 0.3) is 10.8 Å². The molecule has 0 unspecified atom stereocenters. The predicted molar refractivity (Wildman–Crippen MR) is 93.2 cm³/mol. The van der Waals surface area contributed by atoms with Gasteiger partial charge in [0.2, 0.25) is 0 Å². The Balaban J connectivity index is 1.70. The maximum atomic E-state index is 12.5. The zero-order valence-corrected chi connectivity index (χ0v) is 13.7. The van der Waals surface area contributed by atoms with Crippen molar-refractivity contribution < 1.29 is 14.2 Å². The Morgan fingerprint density at radius 1 is 0.875 bits per heavy atom. The fourth-order valence-corrected chi connectivity index (χ4v) is 2.50. The number of aromatic nitrogens is 1. The molecule has 3 rings (SSSR count). The Labute approximate surface area is 140 Å². The Hall–Kier alpha value is -2.95. The molecule has 3 aromatic rings. The summed E-state index contributed by atoms with van der Waals surface area (Å²) in [7, 11) is 3.23. The van der Waals surface area contributed by atoms with Crippen LogP contribution in [0.4, 0.5) is 0 Å². The Morgan fingerprint density at radius 3 is 2.25 bits per heavy atom. The lowest BCUT2D eigenvalue weighted by Crippen LogP contribution is -2.22. The fourth-order valence-electron chi connectivity index (χ4n) is 2.50. The molecule has 0 saturated carbocycles. The first-order chi connectivity index (χ1) is 11.7. The Kier molecular flexibility index (Phi) is 4.70. The summed E-state index contributed by atoms with van der Waals surface area (Å²) in [5.74, 6) is 2.26. The van der Waals surface area contributed by atoms with Crippen molar-refractivity contribution in [2.24, 2.45) is 0 Å². The van der Waals surface area contributed by atoms with E-state index in [-0.39, 0.29) is 5.56 Å². The molecule has 0 amide bonds. The van der Waals surface area contributed by atoms with Gasteiger partial charge in [-0.15, -0.1) is 0 Å². The molecule has 124 valence electrons. The zero-order valence-electron chi connectivity index (χ0n) is 13.7. The predicted octanol–water partition coefficient (Wildman–Crippen LogP) is 3.10. The van der Waals surface area contributed by atoms with Crippen molar-refractivity contribution in [1.29, 1.82) is 0 Å². The van der Waals surface area contributed by atoms with Gasteiger partial charge in [-0.25, -0.2) is 0 Å². The van der Waals surface area contributed by atoms with E-state index in [0.29, 0.717) is 18.5 Å². The summed E-state index contributed by atoms with van der Waals surface area (Å²) in [5.41, 5.74) is -0.0338. The average Bonchev–Trinajstić information content (AvgIpc) is 2.64. The smallest absolute Gasteiger partial charge is 0.258 e. The minimum absolute atomic E-state index is 0.0338. The summed E-state index contributed by atoms with van der Waals surface area (Å²) in [6.45, 7) is 0.890. The van der Waals surface area contributed by atoms with Gasteiger partial charge in [0, 0.05) is 11.6 Å². The van der Waals surface area contributed by atoms with Gasteiger partial charge in [-0.3, -0.25) is 4.79 Å². The Bertz CT molecular complexity index is 884. The summed E-state index contributed by atoms with van der Waals surface area (Å²) in [4.78, 5) is 12.5. The highest BCUT2D eigenvalue weighted by atomic mass is 16.5. The summed E-state index contributed by atoms with van der Waals surface area (Å²) in [6.07, 6.45) is 1.78. The second-order valence-electron chi connectivity index (χ2n) is 5.29. The number of ether oxygens (including phenoxy) is 3. The van der Waals surface area contributed by atoms with Gasteiger partial charge >= 0.3 is 0 Å². The van der Waals surface area contributed by atoms with Crippen LogP contribution >= 0.6 is 0 Å². The van der Waals surface area contributed by atoms with Crippen molar-refractivity contribution in [2.45, 2.75) is 6.54 Å². The van der Waals surface area contributed by atoms with E-state index in [1.807, 2.05) is 36.4 Å². The maximum Gasteiger partial charge on any atom is 0.258 e. The van der Waals surface area contributed by atoms with E-state index in [1.165, 1.54) is 0 Å². The highest BCUT2D eigenvalue weighted by Crippen LogP contribution is 2.18. The largest absolute Gasteiger partial charge is 0.497 e. The van der Waals surface area contributed by atoms with Crippen LogP contribution in [0.5, 0.6) is 17.2 Å². The van der Waals surface area contributed by atoms with Crippen LogP contribution in [0.2, 0.25) is 0 Å². The molecule has 0 aliphatic heterocycles. The normalized spacial score (nSPS) is 10.6. The molecule has 2 aromatic carbocycles. The molecular formula is C19H19NO4. The molecule has 0 fully saturated rings. The molecule has 5 nitrogen and oxygen atoms in total.